The van der Waals surface area contributed by atoms with E-state index in [2.05, 4.69) is 17.2 Å². The molecule has 0 spiro atoms. The van der Waals surface area contributed by atoms with Crippen LogP contribution in [0.15, 0.2) is 131 Å². The minimum atomic E-state index is -4.69. The molecule has 398 valence electrons. The third-order valence-electron chi connectivity index (χ3n) is 13.6. The first kappa shape index (κ1) is 56.4. The van der Waals surface area contributed by atoms with Gasteiger partial charge in [-0.15, -0.1) is 0 Å². The average molecular weight is 1100 g/mol. The number of benzene rings is 4. The Morgan fingerprint density at radius 1 is 0.720 bits per heavy atom. The standard InChI is InChI=1S/C53H58N4O14S4/c1-52(2)43-35-41(74(66,67)68)24-26-46(43)55(31-13-33-72(60,61)62)48(52)19-5-4-6-20-49-53(3,44-36-42(75(69,70)71)25-27-47(44)56(49)32-14-34-73(63,64)65)29-12-11-21-50(58)54-30-28-51(59)57-37-40-17-8-7-15-38(40)22-23-39-16-9-10-18-45(39)57/h4-10,15-20,24-27,35-36H,11-14,21,28-34,37H2,1-3H3,(H4-,54,58,60,61,62,63,64,65,66,67,68,69,70,71)/p-1. The van der Waals surface area contributed by atoms with Gasteiger partial charge >= 0.3 is 0 Å². The lowest BCUT2D eigenvalue weighted by molar-refractivity contribution is -0.437. The number of allylic oxidation sites excluding steroid dienone is 6. The summed E-state index contributed by atoms with van der Waals surface area (Å²) in [5, 5.41) is 2.86. The Labute approximate surface area is 438 Å². The Morgan fingerprint density at radius 2 is 1.35 bits per heavy atom. The van der Waals surface area contributed by atoms with E-state index in [1.807, 2.05) is 69.3 Å². The number of rotatable bonds is 21. The molecule has 0 saturated carbocycles. The Balaban J connectivity index is 1.11. The van der Waals surface area contributed by atoms with Gasteiger partial charge in [-0.1, -0.05) is 66.8 Å². The van der Waals surface area contributed by atoms with Crippen molar-refractivity contribution in [3.8, 4) is 11.8 Å². The third-order valence-corrected chi connectivity index (χ3v) is 16.9. The van der Waals surface area contributed by atoms with Crippen LogP contribution in [0.25, 0.3) is 0 Å². The van der Waals surface area contributed by atoms with E-state index in [0.29, 0.717) is 71.0 Å². The molecular weight excluding hydrogens is 1040 g/mol. The molecule has 0 aliphatic carbocycles. The van der Waals surface area contributed by atoms with Gasteiger partial charge in [0.2, 0.25) is 17.5 Å². The third kappa shape index (κ3) is 13.6. The molecule has 1 atom stereocenters. The fourth-order valence-corrected chi connectivity index (χ4v) is 11.9. The van der Waals surface area contributed by atoms with Crippen LogP contribution in [0, 0.1) is 11.8 Å². The number of nitrogens with one attached hydrogen (secondary N) is 1. The van der Waals surface area contributed by atoms with Gasteiger partial charge in [0.15, 0.2) is 5.71 Å². The molecule has 1 unspecified atom stereocenters. The summed E-state index contributed by atoms with van der Waals surface area (Å²) in [6, 6.07) is 23.1. The number of carbonyl (C=O) groups excluding carboxylic acids is 2. The number of hydrogen-bond acceptors (Lipinski definition) is 13. The molecule has 3 aliphatic heterocycles. The van der Waals surface area contributed by atoms with Gasteiger partial charge in [-0.2, -0.15) is 21.4 Å². The van der Waals surface area contributed by atoms with Crippen molar-refractivity contribution in [3.05, 3.63) is 149 Å². The summed E-state index contributed by atoms with van der Waals surface area (Å²) in [5.74, 6) is 4.56. The number of anilines is 2. The molecule has 3 heterocycles. The number of unbranched alkanes of at least 4 members (excludes halogenated alkanes) is 1. The van der Waals surface area contributed by atoms with Crippen molar-refractivity contribution in [2.75, 3.05) is 40.9 Å². The van der Waals surface area contributed by atoms with Gasteiger partial charge in [0.25, 0.3) is 20.2 Å². The molecule has 2 amide bonds. The van der Waals surface area contributed by atoms with Crippen LogP contribution in [0.1, 0.15) is 93.5 Å². The van der Waals surface area contributed by atoms with E-state index in [1.165, 1.54) is 36.4 Å². The molecule has 75 heavy (non-hydrogen) atoms. The van der Waals surface area contributed by atoms with Crippen LogP contribution in [-0.2, 0) is 67.4 Å². The van der Waals surface area contributed by atoms with E-state index in [-0.39, 0.29) is 66.9 Å². The van der Waals surface area contributed by atoms with Gasteiger partial charge in [0.1, 0.15) is 6.54 Å². The summed E-state index contributed by atoms with van der Waals surface area (Å²) in [4.78, 5) is 29.7. The van der Waals surface area contributed by atoms with Crippen molar-refractivity contribution in [3.63, 3.8) is 0 Å². The van der Waals surface area contributed by atoms with E-state index in [4.69, 9.17) is 0 Å². The lowest BCUT2D eigenvalue weighted by Gasteiger charge is -2.30. The minimum absolute atomic E-state index is 0.0246. The summed E-state index contributed by atoms with van der Waals surface area (Å²) in [6.45, 7) is 5.97. The number of hydrogen-bond donors (Lipinski definition) is 3. The van der Waals surface area contributed by atoms with E-state index in [9.17, 15) is 61.5 Å². The van der Waals surface area contributed by atoms with E-state index in [0.717, 1.165) is 11.1 Å². The fraction of sp³-hybridized carbons (Fsp3) is 0.340. The Hall–Kier alpha value is -6.29. The first-order valence-corrected chi connectivity index (χ1v) is 30.1. The molecule has 4 aromatic rings. The van der Waals surface area contributed by atoms with Crippen LogP contribution in [0.3, 0.4) is 0 Å². The Kier molecular flexibility index (Phi) is 16.9. The molecule has 0 aromatic heterocycles. The second-order valence-corrected chi connectivity index (χ2v) is 25.1. The normalized spacial score (nSPS) is 17.8. The Bertz CT molecular complexity index is 3580. The molecule has 22 heteroatoms. The summed E-state index contributed by atoms with van der Waals surface area (Å²) in [6.07, 6.45) is 9.62. The minimum Gasteiger partial charge on any atom is -0.748 e. The number of para-hydroxylation sites is 1. The van der Waals surface area contributed by atoms with E-state index in [1.54, 1.807) is 44.8 Å². The second-order valence-electron chi connectivity index (χ2n) is 19.2. The lowest BCUT2D eigenvalue weighted by Crippen LogP contribution is -2.35. The van der Waals surface area contributed by atoms with Crippen molar-refractivity contribution < 1.29 is 66.0 Å². The fourth-order valence-electron chi connectivity index (χ4n) is 9.91. The maximum absolute atomic E-state index is 13.7. The smallest absolute Gasteiger partial charge is 0.294 e. The summed E-state index contributed by atoms with van der Waals surface area (Å²) in [5.41, 5.74) is 4.45. The van der Waals surface area contributed by atoms with Gasteiger partial charge in [-0.25, -0.2) is 16.8 Å². The number of fused-ring (bicyclic) bond motifs is 4. The van der Waals surface area contributed by atoms with Crippen molar-refractivity contribution >= 4 is 75.1 Å². The van der Waals surface area contributed by atoms with Gasteiger partial charge in [0.05, 0.1) is 47.7 Å². The van der Waals surface area contributed by atoms with E-state index < -0.39 is 62.8 Å². The molecule has 0 bridgehead atoms. The highest BCUT2D eigenvalue weighted by Gasteiger charge is 2.46. The van der Waals surface area contributed by atoms with Gasteiger partial charge < -0.3 is 24.2 Å². The molecule has 0 fully saturated rings. The monoisotopic (exact) mass is 1100 g/mol. The predicted molar refractivity (Wildman–Crippen MR) is 281 cm³/mol. The zero-order valence-electron chi connectivity index (χ0n) is 41.4. The van der Waals surface area contributed by atoms with Gasteiger partial charge in [0, 0.05) is 89.5 Å². The highest BCUT2D eigenvalue weighted by Crippen LogP contribution is 2.51. The van der Waals surface area contributed by atoms with Crippen LogP contribution >= 0.6 is 0 Å². The number of amides is 2. The van der Waals surface area contributed by atoms with Crippen LogP contribution in [0.2, 0.25) is 0 Å². The summed E-state index contributed by atoms with van der Waals surface area (Å²) in [7, 11) is -18.4. The van der Waals surface area contributed by atoms with Crippen LogP contribution in [0.4, 0.5) is 17.1 Å². The molecule has 0 saturated heterocycles. The second kappa shape index (κ2) is 22.5. The SMILES string of the molecule is CC1(C)C(C=CC=CC=C2N(CCCS(=O)(=O)[O-])c3ccc(S(=O)(=O)O)cc3C2(C)CCCCC(=O)NCCC(=O)N2Cc3ccccc3C#Cc3ccccc32)=[N+](CCCS(=O)(=O)[O-])c2ccc(S(=O)(=O)O)cc21. The van der Waals surface area contributed by atoms with Crippen LogP contribution in [0.5, 0.6) is 0 Å². The topological polar surface area (TPSA) is 279 Å². The number of nitrogens with zero attached hydrogens (tertiary/aromatic N) is 3. The first-order valence-electron chi connectivity index (χ1n) is 24.0. The highest BCUT2D eigenvalue weighted by atomic mass is 32.2. The Morgan fingerprint density at radius 3 is 2.04 bits per heavy atom. The summed E-state index contributed by atoms with van der Waals surface area (Å²) < 4.78 is 141. The largest absolute Gasteiger partial charge is 0.748 e. The van der Waals surface area contributed by atoms with Crippen molar-refractivity contribution in [1.82, 2.24) is 5.32 Å². The first-order chi connectivity index (χ1) is 35.2. The maximum Gasteiger partial charge on any atom is 0.294 e. The maximum atomic E-state index is 13.7. The van der Waals surface area contributed by atoms with Gasteiger partial charge in [-0.05, 0) is 106 Å². The zero-order chi connectivity index (χ0) is 54.6. The quantitative estimate of drug-likeness (QED) is 0.0275. The molecule has 4 aromatic carbocycles. The van der Waals surface area contributed by atoms with E-state index >= 15 is 0 Å². The average Bonchev–Trinajstić information content (AvgIpc) is 3.68. The molecular formula is C53H57N4O14S4-. The van der Waals surface area contributed by atoms with Gasteiger partial charge in [-0.3, -0.25) is 18.7 Å². The van der Waals surface area contributed by atoms with Crippen LogP contribution < -0.4 is 15.1 Å². The van der Waals surface area contributed by atoms with Crippen LogP contribution in [-0.4, -0.2) is 105 Å². The van der Waals surface area contributed by atoms with Crippen molar-refractivity contribution in [2.45, 2.75) is 92.9 Å². The highest BCUT2D eigenvalue weighted by molar-refractivity contribution is 7.86. The molecule has 3 N–H and O–H groups in total. The molecule has 18 nitrogen and oxygen atoms in total. The summed E-state index contributed by atoms with van der Waals surface area (Å²) >= 11 is 0. The zero-order valence-corrected chi connectivity index (χ0v) is 44.7. The lowest BCUT2D eigenvalue weighted by atomic mass is 9.77. The number of carbonyl (C=O) groups is 2. The predicted octanol–water partition coefficient (Wildman–Crippen LogP) is 6.21. The van der Waals surface area contributed by atoms with Crippen molar-refractivity contribution in [1.29, 1.82) is 0 Å². The van der Waals surface area contributed by atoms with Crippen molar-refractivity contribution in [2.24, 2.45) is 0 Å². The molecule has 7 rings (SSSR count). The molecule has 0 radical (unpaired) electrons. The molecule has 3 aliphatic rings.